The minimum Gasteiger partial charge on any atom is -0.481 e. The number of aliphatic carboxylic acids is 1. The number of carbonyl (C=O) groups is 2. The maximum atomic E-state index is 11.5. The highest BCUT2D eigenvalue weighted by Gasteiger charge is 2.29. The van der Waals surface area contributed by atoms with Crippen molar-refractivity contribution < 1.29 is 24.2 Å². The van der Waals surface area contributed by atoms with Gasteiger partial charge in [-0.1, -0.05) is 59.6 Å². The molecule has 0 unspecified atom stereocenters. The molecule has 0 bridgehead atoms. The van der Waals surface area contributed by atoms with Crippen molar-refractivity contribution in [2.75, 3.05) is 33.9 Å². The Balaban J connectivity index is 1.23. The lowest BCUT2D eigenvalue weighted by Gasteiger charge is -2.17. The van der Waals surface area contributed by atoms with Crippen molar-refractivity contribution in [3.05, 3.63) is 70.2 Å². The first-order chi connectivity index (χ1) is 23.2. The topological polar surface area (TPSA) is 152 Å². The number of carboxylic acids is 1. The smallest absolute Gasteiger partial charge is 0.307 e. The summed E-state index contributed by atoms with van der Waals surface area (Å²) < 4.78 is 11.2. The molecule has 0 radical (unpaired) electrons. The molecule has 2 aromatic carbocycles. The van der Waals surface area contributed by atoms with Crippen molar-refractivity contribution in [2.24, 2.45) is 5.92 Å². The highest BCUT2D eigenvalue weighted by Crippen LogP contribution is 2.42. The van der Waals surface area contributed by atoms with Crippen LogP contribution in [0, 0.1) is 5.92 Å². The van der Waals surface area contributed by atoms with E-state index in [1.807, 2.05) is 41.3 Å². The van der Waals surface area contributed by atoms with E-state index in [1.54, 1.807) is 19.5 Å². The van der Waals surface area contributed by atoms with Gasteiger partial charge in [0, 0.05) is 60.9 Å². The monoisotopic (exact) mass is 691 g/mol. The van der Waals surface area contributed by atoms with Gasteiger partial charge in [-0.3, -0.25) is 24.5 Å². The first kappa shape index (κ1) is 33.5. The number of halogens is 2. The summed E-state index contributed by atoms with van der Waals surface area (Å²) in [7, 11) is 3.08. The van der Waals surface area contributed by atoms with E-state index in [4.69, 9.17) is 42.6 Å². The number of hydrogen-bond acceptors (Lipinski definition) is 10. The van der Waals surface area contributed by atoms with E-state index in [0.29, 0.717) is 112 Å². The quantitative estimate of drug-likeness (QED) is 0.187. The summed E-state index contributed by atoms with van der Waals surface area (Å²) in [4.78, 5) is 43.6. The molecule has 250 valence electrons. The van der Waals surface area contributed by atoms with Crippen LogP contribution >= 0.6 is 23.2 Å². The predicted molar refractivity (Wildman–Crippen MR) is 181 cm³/mol. The van der Waals surface area contributed by atoms with Crippen LogP contribution in [0.25, 0.3) is 33.6 Å². The van der Waals surface area contributed by atoms with Crippen LogP contribution in [0.5, 0.6) is 11.8 Å². The molecule has 2 aliphatic rings. The maximum absolute atomic E-state index is 11.5. The number of rotatable bonds is 12. The molecule has 2 aliphatic heterocycles. The molecule has 0 spiro atoms. The SMILES string of the molecule is COc1nc(-c2cccc(-c3cccc(-c4cnc(CN5CC[C@@H](C(=O)O)C5)c(OC)n4)c3Cl)c2Cl)cnc1CNC[C@@H]1CCC(=O)N1. The van der Waals surface area contributed by atoms with Crippen LogP contribution in [0.1, 0.15) is 30.7 Å². The highest BCUT2D eigenvalue weighted by atomic mass is 35.5. The van der Waals surface area contributed by atoms with Gasteiger partial charge in [0.25, 0.3) is 0 Å². The molecule has 2 fully saturated rings. The van der Waals surface area contributed by atoms with Crippen LogP contribution in [0.4, 0.5) is 0 Å². The van der Waals surface area contributed by atoms with Crippen LogP contribution in [0.15, 0.2) is 48.8 Å². The van der Waals surface area contributed by atoms with Crippen molar-refractivity contribution in [2.45, 2.75) is 38.4 Å². The summed E-state index contributed by atoms with van der Waals surface area (Å²) >= 11 is 14.1. The van der Waals surface area contributed by atoms with Gasteiger partial charge in [-0.15, -0.1) is 0 Å². The number of methoxy groups -OCH3 is 2. The number of aromatic nitrogens is 4. The normalized spacial score (nSPS) is 17.8. The molecule has 0 saturated carbocycles. The van der Waals surface area contributed by atoms with Crippen molar-refractivity contribution >= 4 is 35.1 Å². The fourth-order valence-corrected chi connectivity index (χ4v) is 6.72. The van der Waals surface area contributed by atoms with Crippen LogP contribution in [-0.4, -0.2) is 81.7 Å². The first-order valence-corrected chi connectivity index (χ1v) is 16.3. The summed E-state index contributed by atoms with van der Waals surface area (Å²) in [6.45, 7) is 2.61. The molecule has 48 heavy (non-hydrogen) atoms. The number of nitrogens with one attached hydrogen (secondary N) is 2. The standard InChI is InChI=1S/C34H35Cl2N7O5/c1-47-32-27(14-37-13-20-9-10-29(44)40-20)38-15-25(41-32)23-7-3-5-21(30(23)35)22-6-4-8-24(31(22)36)26-16-39-28(33(42-26)48-2)18-43-12-11-19(17-43)34(45)46/h3-8,15-16,19-20,37H,9-14,17-18H2,1-2H3,(H,40,44)(H,45,46)/t19-,20+/m1/s1. The molecular weight excluding hydrogens is 657 g/mol. The van der Waals surface area contributed by atoms with E-state index >= 15 is 0 Å². The number of benzene rings is 2. The van der Waals surface area contributed by atoms with Gasteiger partial charge in [-0.25, -0.2) is 9.97 Å². The Morgan fingerprint density at radius 2 is 1.52 bits per heavy atom. The molecule has 2 aromatic heterocycles. The molecule has 2 saturated heterocycles. The van der Waals surface area contributed by atoms with Gasteiger partial charge in [0.05, 0.1) is 54.0 Å². The third-order valence-corrected chi connectivity index (χ3v) is 9.43. The van der Waals surface area contributed by atoms with E-state index < -0.39 is 5.97 Å². The highest BCUT2D eigenvalue weighted by molar-refractivity contribution is 6.39. The molecule has 14 heteroatoms. The fraction of sp³-hybridized carbons (Fsp3) is 0.353. The van der Waals surface area contributed by atoms with E-state index in [-0.39, 0.29) is 17.9 Å². The van der Waals surface area contributed by atoms with Gasteiger partial charge < -0.3 is 25.2 Å². The van der Waals surface area contributed by atoms with E-state index in [0.717, 1.165) is 6.42 Å². The third-order valence-electron chi connectivity index (χ3n) is 8.61. The second-order valence-electron chi connectivity index (χ2n) is 11.7. The first-order valence-electron chi connectivity index (χ1n) is 15.6. The zero-order valence-electron chi connectivity index (χ0n) is 26.5. The third kappa shape index (κ3) is 7.21. The van der Waals surface area contributed by atoms with Crippen LogP contribution in [0.3, 0.4) is 0 Å². The van der Waals surface area contributed by atoms with Gasteiger partial charge in [0.2, 0.25) is 17.7 Å². The van der Waals surface area contributed by atoms with Crippen molar-refractivity contribution in [1.29, 1.82) is 0 Å². The van der Waals surface area contributed by atoms with Crippen LogP contribution in [-0.2, 0) is 22.7 Å². The summed E-state index contributed by atoms with van der Waals surface area (Å²) in [6.07, 6.45) is 5.26. The van der Waals surface area contributed by atoms with Gasteiger partial charge in [-0.2, -0.15) is 0 Å². The lowest BCUT2D eigenvalue weighted by atomic mass is 9.98. The molecule has 1 amide bonds. The van der Waals surface area contributed by atoms with Gasteiger partial charge in [0.1, 0.15) is 11.4 Å². The lowest BCUT2D eigenvalue weighted by Crippen LogP contribution is -2.35. The van der Waals surface area contributed by atoms with Crippen LogP contribution in [0.2, 0.25) is 10.0 Å². The van der Waals surface area contributed by atoms with Crippen molar-refractivity contribution in [1.82, 2.24) is 35.5 Å². The Morgan fingerprint density at radius 1 is 0.938 bits per heavy atom. The minimum atomic E-state index is -0.784. The number of hydrogen-bond donors (Lipinski definition) is 3. The van der Waals surface area contributed by atoms with E-state index in [2.05, 4.69) is 20.6 Å². The number of nitrogens with zero attached hydrogens (tertiary/aromatic N) is 5. The van der Waals surface area contributed by atoms with Crippen molar-refractivity contribution in [3.8, 4) is 45.4 Å². The number of ether oxygens (including phenoxy) is 2. The second kappa shape index (κ2) is 14.8. The van der Waals surface area contributed by atoms with Crippen LogP contribution < -0.4 is 20.1 Å². The molecule has 12 nitrogen and oxygen atoms in total. The van der Waals surface area contributed by atoms with E-state index in [9.17, 15) is 14.7 Å². The number of carboxylic acid groups (broad SMARTS) is 1. The zero-order chi connectivity index (χ0) is 33.8. The molecular formula is C34H35Cl2N7O5. The lowest BCUT2D eigenvalue weighted by molar-refractivity contribution is -0.141. The summed E-state index contributed by atoms with van der Waals surface area (Å²) in [5.74, 6) is -0.368. The summed E-state index contributed by atoms with van der Waals surface area (Å²) in [5, 5.41) is 16.5. The average Bonchev–Trinajstić information content (AvgIpc) is 3.74. The largest absolute Gasteiger partial charge is 0.481 e. The molecule has 4 aromatic rings. The summed E-state index contributed by atoms with van der Waals surface area (Å²) in [5.41, 5.74) is 5.03. The maximum Gasteiger partial charge on any atom is 0.307 e. The zero-order valence-corrected chi connectivity index (χ0v) is 28.0. The molecule has 6 rings (SSSR count). The Hall–Kier alpha value is -4.36. The molecule has 3 N–H and O–H groups in total. The Bertz CT molecular complexity index is 1840. The Kier molecular flexibility index (Phi) is 10.4. The number of likely N-dealkylation sites (tertiary alicyclic amines) is 1. The average molecular weight is 693 g/mol. The van der Waals surface area contributed by atoms with Gasteiger partial charge >= 0.3 is 5.97 Å². The minimum absolute atomic E-state index is 0.0753. The number of carbonyl (C=O) groups excluding carboxylic acids is 1. The Morgan fingerprint density at radius 3 is 2.06 bits per heavy atom. The fourth-order valence-electron chi connectivity index (χ4n) is 6.07. The van der Waals surface area contributed by atoms with Gasteiger partial charge in [0.15, 0.2) is 0 Å². The Labute approximate surface area is 287 Å². The second-order valence-corrected chi connectivity index (χ2v) is 12.5. The molecule has 2 atom stereocenters. The molecule has 4 heterocycles. The number of amides is 1. The van der Waals surface area contributed by atoms with Crippen molar-refractivity contribution in [3.63, 3.8) is 0 Å². The molecule has 0 aliphatic carbocycles. The predicted octanol–water partition coefficient (Wildman–Crippen LogP) is 4.87. The summed E-state index contributed by atoms with van der Waals surface area (Å²) in [6, 6.07) is 11.3. The van der Waals surface area contributed by atoms with Gasteiger partial charge in [-0.05, 0) is 19.4 Å². The van der Waals surface area contributed by atoms with E-state index in [1.165, 1.54) is 7.11 Å².